The number of carbonyl (C=O) groups is 1. The van der Waals surface area contributed by atoms with Gasteiger partial charge in [-0.2, -0.15) is 0 Å². The van der Waals surface area contributed by atoms with E-state index in [1.807, 2.05) is 26.0 Å². The first kappa shape index (κ1) is 13.3. The second kappa shape index (κ2) is 5.22. The molecular weight excluding hydrogens is 243 g/mol. The molecule has 0 aromatic heterocycles. The maximum absolute atomic E-state index is 13.1. The average Bonchev–Trinajstić information content (AvgIpc) is 2.38. The predicted molar refractivity (Wildman–Crippen MR) is 73.2 cm³/mol. The van der Waals surface area contributed by atoms with Gasteiger partial charge in [-0.15, -0.1) is 0 Å². The topological polar surface area (TPSA) is 26.3 Å². The number of hydrogen-bond donors (Lipinski definition) is 0. The smallest absolute Gasteiger partial charge is 0.150 e. The molecule has 0 unspecified atom stereocenters. The van der Waals surface area contributed by atoms with Gasteiger partial charge in [-0.1, -0.05) is 6.07 Å². The lowest BCUT2D eigenvalue weighted by atomic mass is 9.96. The van der Waals surface area contributed by atoms with Crippen LogP contribution in [0.4, 0.5) is 4.39 Å². The first-order chi connectivity index (χ1) is 9.06. The highest BCUT2D eigenvalue weighted by molar-refractivity contribution is 5.88. The SMILES string of the molecule is COc1c(C)cc(-c2ccc(F)cc2C=O)cc1C. The van der Waals surface area contributed by atoms with Gasteiger partial charge >= 0.3 is 0 Å². The number of aldehydes is 1. The Morgan fingerprint density at radius 2 is 1.74 bits per heavy atom. The number of carbonyl (C=O) groups excluding carboxylic acids is 1. The zero-order valence-electron chi connectivity index (χ0n) is 11.2. The largest absolute Gasteiger partial charge is 0.496 e. The molecule has 0 spiro atoms. The van der Waals surface area contributed by atoms with E-state index in [0.29, 0.717) is 11.8 Å². The molecule has 0 aliphatic carbocycles. The van der Waals surface area contributed by atoms with Crippen LogP contribution in [0, 0.1) is 19.7 Å². The molecule has 98 valence electrons. The molecule has 2 rings (SSSR count). The number of methoxy groups -OCH3 is 1. The van der Waals surface area contributed by atoms with Crippen LogP contribution in [-0.4, -0.2) is 13.4 Å². The van der Waals surface area contributed by atoms with Crippen LogP contribution in [0.3, 0.4) is 0 Å². The molecule has 19 heavy (non-hydrogen) atoms. The van der Waals surface area contributed by atoms with Gasteiger partial charge in [-0.3, -0.25) is 4.79 Å². The fraction of sp³-hybridized carbons (Fsp3) is 0.188. The van der Waals surface area contributed by atoms with Crippen molar-refractivity contribution in [2.24, 2.45) is 0 Å². The van der Waals surface area contributed by atoms with Crippen molar-refractivity contribution < 1.29 is 13.9 Å². The summed E-state index contributed by atoms with van der Waals surface area (Å²) in [6.45, 7) is 3.89. The van der Waals surface area contributed by atoms with E-state index in [-0.39, 0.29) is 0 Å². The summed E-state index contributed by atoms with van der Waals surface area (Å²) in [5, 5.41) is 0. The van der Waals surface area contributed by atoms with Crippen molar-refractivity contribution in [1.82, 2.24) is 0 Å². The molecule has 0 aliphatic rings. The molecule has 2 aromatic carbocycles. The van der Waals surface area contributed by atoms with E-state index in [1.54, 1.807) is 13.2 Å². The Bertz CT molecular complexity index is 610. The molecule has 0 radical (unpaired) electrons. The summed E-state index contributed by atoms with van der Waals surface area (Å²) in [6, 6.07) is 8.10. The molecule has 0 fully saturated rings. The molecule has 0 amide bonds. The highest BCUT2D eigenvalue weighted by Crippen LogP contribution is 2.31. The van der Waals surface area contributed by atoms with Crippen molar-refractivity contribution in [2.45, 2.75) is 13.8 Å². The Morgan fingerprint density at radius 1 is 1.11 bits per heavy atom. The van der Waals surface area contributed by atoms with Crippen molar-refractivity contribution in [1.29, 1.82) is 0 Å². The summed E-state index contributed by atoms with van der Waals surface area (Å²) in [5.74, 6) is 0.423. The van der Waals surface area contributed by atoms with Crippen LogP contribution in [0.2, 0.25) is 0 Å². The number of benzene rings is 2. The number of rotatable bonds is 3. The fourth-order valence-corrected chi connectivity index (χ4v) is 2.32. The average molecular weight is 258 g/mol. The number of hydrogen-bond acceptors (Lipinski definition) is 2. The summed E-state index contributed by atoms with van der Waals surface area (Å²) in [7, 11) is 1.63. The van der Waals surface area contributed by atoms with Gasteiger partial charge in [-0.25, -0.2) is 4.39 Å². The zero-order chi connectivity index (χ0) is 14.0. The number of aryl methyl sites for hydroxylation is 2. The van der Waals surface area contributed by atoms with Gasteiger partial charge in [0.1, 0.15) is 11.6 Å². The van der Waals surface area contributed by atoms with Gasteiger partial charge in [0.15, 0.2) is 6.29 Å². The van der Waals surface area contributed by atoms with Crippen molar-refractivity contribution >= 4 is 6.29 Å². The molecule has 0 bridgehead atoms. The summed E-state index contributed by atoms with van der Waals surface area (Å²) >= 11 is 0. The van der Waals surface area contributed by atoms with E-state index in [0.717, 1.165) is 28.0 Å². The summed E-state index contributed by atoms with van der Waals surface area (Å²) < 4.78 is 18.5. The van der Waals surface area contributed by atoms with E-state index in [9.17, 15) is 9.18 Å². The summed E-state index contributed by atoms with van der Waals surface area (Å²) in [6.07, 6.45) is 0.674. The van der Waals surface area contributed by atoms with Gasteiger partial charge in [0.25, 0.3) is 0 Å². The van der Waals surface area contributed by atoms with Crippen molar-refractivity contribution in [3.05, 3.63) is 52.8 Å². The number of halogens is 1. The molecule has 0 N–H and O–H groups in total. The second-order valence-electron chi connectivity index (χ2n) is 4.49. The summed E-state index contributed by atoms with van der Waals surface area (Å²) in [5.41, 5.74) is 3.93. The standard InChI is InChI=1S/C16H15FO2/c1-10-6-12(7-11(2)16(10)19-3)15-5-4-14(17)8-13(15)9-18/h4-9H,1-3H3. The van der Waals surface area contributed by atoms with E-state index in [1.165, 1.54) is 12.1 Å². The van der Waals surface area contributed by atoms with Gasteiger partial charge in [-0.05, 0) is 60.4 Å². The Kier molecular flexibility index (Phi) is 3.65. The maximum Gasteiger partial charge on any atom is 0.150 e. The third kappa shape index (κ3) is 2.50. The van der Waals surface area contributed by atoms with Crippen molar-refractivity contribution in [2.75, 3.05) is 7.11 Å². The monoisotopic (exact) mass is 258 g/mol. The van der Waals surface area contributed by atoms with E-state index >= 15 is 0 Å². The highest BCUT2D eigenvalue weighted by atomic mass is 19.1. The van der Waals surface area contributed by atoms with Crippen LogP contribution in [-0.2, 0) is 0 Å². The van der Waals surface area contributed by atoms with Crippen LogP contribution in [0.5, 0.6) is 5.75 Å². The lowest BCUT2D eigenvalue weighted by Crippen LogP contribution is -1.94. The molecule has 2 nitrogen and oxygen atoms in total. The Morgan fingerprint density at radius 3 is 2.26 bits per heavy atom. The van der Waals surface area contributed by atoms with Crippen LogP contribution in [0.25, 0.3) is 11.1 Å². The maximum atomic E-state index is 13.1. The molecule has 2 aromatic rings. The fourth-order valence-electron chi connectivity index (χ4n) is 2.32. The normalized spacial score (nSPS) is 10.3. The Labute approximate surface area is 111 Å². The first-order valence-corrected chi connectivity index (χ1v) is 5.97. The second-order valence-corrected chi connectivity index (χ2v) is 4.49. The third-order valence-corrected chi connectivity index (χ3v) is 3.12. The quantitative estimate of drug-likeness (QED) is 0.780. The van der Waals surface area contributed by atoms with Crippen molar-refractivity contribution in [3.8, 4) is 16.9 Å². The van der Waals surface area contributed by atoms with Gasteiger partial charge in [0.05, 0.1) is 7.11 Å². The molecule has 3 heteroatoms. The van der Waals surface area contributed by atoms with Crippen LogP contribution < -0.4 is 4.74 Å². The van der Waals surface area contributed by atoms with E-state index in [4.69, 9.17) is 4.74 Å². The predicted octanol–water partition coefficient (Wildman–Crippen LogP) is 3.93. The Hall–Kier alpha value is -2.16. The minimum Gasteiger partial charge on any atom is -0.496 e. The van der Waals surface area contributed by atoms with Gasteiger partial charge < -0.3 is 4.74 Å². The van der Waals surface area contributed by atoms with Gasteiger partial charge in [0.2, 0.25) is 0 Å². The summed E-state index contributed by atoms with van der Waals surface area (Å²) in [4.78, 5) is 11.1. The lowest BCUT2D eigenvalue weighted by Gasteiger charge is -2.12. The minimum atomic E-state index is -0.409. The minimum absolute atomic E-state index is 0.351. The molecule has 0 aliphatic heterocycles. The molecule has 0 saturated carbocycles. The molecule has 0 saturated heterocycles. The molecule has 0 atom stereocenters. The van der Waals surface area contributed by atoms with Gasteiger partial charge in [0, 0.05) is 5.56 Å². The highest BCUT2D eigenvalue weighted by Gasteiger charge is 2.10. The molecule has 0 heterocycles. The number of ether oxygens (including phenoxy) is 1. The molecular formula is C16H15FO2. The van der Waals surface area contributed by atoms with Crippen LogP contribution in [0.15, 0.2) is 30.3 Å². The van der Waals surface area contributed by atoms with Crippen molar-refractivity contribution in [3.63, 3.8) is 0 Å². The zero-order valence-corrected chi connectivity index (χ0v) is 11.2. The van der Waals surface area contributed by atoms with E-state index < -0.39 is 5.82 Å². The lowest BCUT2D eigenvalue weighted by molar-refractivity contribution is 0.112. The Balaban J connectivity index is 2.63. The third-order valence-electron chi connectivity index (χ3n) is 3.12. The first-order valence-electron chi connectivity index (χ1n) is 5.97. The van der Waals surface area contributed by atoms with E-state index in [2.05, 4.69) is 0 Å². The van der Waals surface area contributed by atoms with Crippen LogP contribution >= 0.6 is 0 Å². The van der Waals surface area contributed by atoms with Crippen LogP contribution in [0.1, 0.15) is 21.5 Å².